The van der Waals surface area contributed by atoms with Crippen LogP contribution in [0.1, 0.15) is 72.3 Å². The number of alkyl halides is 3. The summed E-state index contributed by atoms with van der Waals surface area (Å²) in [6, 6.07) is 5.75. The number of primary amides is 1. The van der Waals surface area contributed by atoms with Crippen LogP contribution in [-0.4, -0.2) is 70.1 Å². The first-order valence-corrected chi connectivity index (χ1v) is 14.3. The van der Waals surface area contributed by atoms with Crippen molar-refractivity contribution >= 4 is 17.6 Å². The molecule has 0 spiro atoms. The van der Waals surface area contributed by atoms with E-state index in [1.807, 2.05) is 9.80 Å². The van der Waals surface area contributed by atoms with Crippen molar-refractivity contribution in [3.05, 3.63) is 53.0 Å². The highest BCUT2D eigenvalue weighted by Crippen LogP contribution is 2.37. The molecule has 1 atom stereocenters. The van der Waals surface area contributed by atoms with Crippen LogP contribution in [0.4, 0.5) is 19.0 Å². The Morgan fingerprint density at radius 2 is 1.76 bits per heavy atom. The summed E-state index contributed by atoms with van der Waals surface area (Å²) < 4.78 is 39.2. The predicted molar refractivity (Wildman–Crippen MR) is 146 cm³/mol. The Kier molecular flexibility index (Phi) is 8.24. The Hall–Kier alpha value is -3.25. The largest absolute Gasteiger partial charge is 0.416 e. The van der Waals surface area contributed by atoms with Crippen LogP contribution in [0.5, 0.6) is 0 Å². The van der Waals surface area contributed by atoms with E-state index in [0.29, 0.717) is 74.6 Å². The first-order valence-electron chi connectivity index (χ1n) is 14.3. The smallest absolute Gasteiger partial charge is 0.384 e. The number of pyridine rings is 2. The molecule has 2 amide bonds. The van der Waals surface area contributed by atoms with Crippen LogP contribution >= 0.6 is 0 Å². The zero-order chi connectivity index (χ0) is 29.4. The number of halogens is 3. The first kappa shape index (κ1) is 29.2. The average Bonchev–Trinajstić information content (AvgIpc) is 3.42. The maximum Gasteiger partial charge on any atom is 0.416 e. The molecule has 3 aliphatic rings. The van der Waals surface area contributed by atoms with E-state index in [0.717, 1.165) is 31.4 Å². The van der Waals surface area contributed by atoms with E-state index in [2.05, 4.69) is 15.3 Å². The van der Waals surface area contributed by atoms with Crippen LogP contribution in [0.25, 0.3) is 0 Å². The van der Waals surface area contributed by atoms with Crippen molar-refractivity contribution in [2.45, 2.75) is 75.7 Å². The van der Waals surface area contributed by atoms with Gasteiger partial charge in [0.15, 0.2) is 0 Å². The van der Waals surface area contributed by atoms with E-state index in [9.17, 15) is 27.9 Å². The van der Waals surface area contributed by atoms with Gasteiger partial charge in [-0.2, -0.15) is 13.2 Å². The van der Waals surface area contributed by atoms with E-state index in [1.54, 1.807) is 19.1 Å². The minimum Gasteiger partial charge on any atom is -0.384 e. The molecule has 12 heteroatoms. The second-order valence-electron chi connectivity index (χ2n) is 11.6. The average molecular weight is 575 g/mol. The van der Waals surface area contributed by atoms with Gasteiger partial charge in [-0.3, -0.25) is 14.6 Å². The van der Waals surface area contributed by atoms with Gasteiger partial charge >= 0.3 is 6.18 Å². The fraction of sp³-hybridized carbons (Fsp3) is 0.586. The Balaban J connectivity index is 1.08. The number of likely N-dealkylation sites (tertiary alicyclic amines) is 1. The highest BCUT2D eigenvalue weighted by atomic mass is 19.4. The number of amides is 2. The van der Waals surface area contributed by atoms with Crippen molar-refractivity contribution in [2.24, 2.45) is 11.7 Å². The Bertz CT molecular complexity index is 1270. The Morgan fingerprint density at radius 1 is 1.05 bits per heavy atom. The predicted octanol–water partition coefficient (Wildman–Crippen LogP) is 3.14. The number of piperidine rings is 1. The number of nitrogens with one attached hydrogen (secondary N) is 1. The highest BCUT2D eigenvalue weighted by Gasteiger charge is 2.39. The molecule has 9 nitrogen and oxygen atoms in total. The number of carbonyl (C=O) groups is 2. The molecule has 41 heavy (non-hydrogen) atoms. The van der Waals surface area contributed by atoms with Gasteiger partial charge in [-0.25, -0.2) is 4.98 Å². The fourth-order valence-electron chi connectivity index (χ4n) is 6.41. The van der Waals surface area contributed by atoms with Gasteiger partial charge in [0.25, 0.3) is 5.91 Å². The van der Waals surface area contributed by atoms with Gasteiger partial charge in [0, 0.05) is 50.4 Å². The molecule has 1 aliphatic carbocycles. The highest BCUT2D eigenvalue weighted by molar-refractivity contribution is 5.93. The first-order chi connectivity index (χ1) is 19.4. The molecule has 5 rings (SSSR count). The van der Waals surface area contributed by atoms with E-state index in [-0.39, 0.29) is 23.9 Å². The lowest BCUT2D eigenvalue weighted by Gasteiger charge is -2.37. The summed E-state index contributed by atoms with van der Waals surface area (Å²) in [5, 5.41) is 14.9. The maximum atomic E-state index is 13.2. The summed E-state index contributed by atoms with van der Waals surface area (Å²) in [5.41, 5.74) is 5.04. The molecule has 0 bridgehead atoms. The van der Waals surface area contributed by atoms with Crippen LogP contribution in [-0.2, 0) is 16.6 Å². The van der Waals surface area contributed by atoms with Gasteiger partial charge in [0.2, 0.25) is 5.91 Å². The number of aryl methyl sites for hydroxylation is 1. The second kappa shape index (κ2) is 11.6. The van der Waals surface area contributed by atoms with Crippen LogP contribution < -0.4 is 16.0 Å². The molecule has 0 unspecified atom stereocenters. The topological polar surface area (TPSA) is 125 Å². The molecule has 4 N–H and O–H groups in total. The third kappa shape index (κ3) is 6.48. The second-order valence-corrected chi connectivity index (χ2v) is 11.6. The van der Waals surface area contributed by atoms with Gasteiger partial charge < -0.3 is 26.0 Å². The summed E-state index contributed by atoms with van der Waals surface area (Å²) in [6.45, 7) is 4.00. The molecular weight excluding hydrogens is 537 g/mol. The van der Waals surface area contributed by atoms with Gasteiger partial charge in [-0.1, -0.05) is 0 Å². The van der Waals surface area contributed by atoms with Crippen LogP contribution in [0.2, 0.25) is 0 Å². The lowest BCUT2D eigenvalue weighted by atomic mass is 9.79. The molecule has 0 aromatic carbocycles. The monoisotopic (exact) mass is 574 g/mol. The molecule has 2 aliphatic heterocycles. The zero-order valence-electron chi connectivity index (χ0n) is 23.2. The van der Waals surface area contributed by atoms with Crippen molar-refractivity contribution in [3.63, 3.8) is 0 Å². The molecule has 4 heterocycles. The normalized spacial score (nSPS) is 25.9. The minimum atomic E-state index is -4.42. The Labute approximate surface area is 237 Å². The summed E-state index contributed by atoms with van der Waals surface area (Å²) in [6.07, 6.45) is 1.41. The number of aromatic nitrogens is 2. The molecule has 2 aromatic rings. The number of nitrogens with two attached hydrogens (primary N) is 1. The van der Waals surface area contributed by atoms with Crippen LogP contribution in [0, 0.1) is 12.8 Å². The summed E-state index contributed by atoms with van der Waals surface area (Å²) in [7, 11) is 0. The summed E-state index contributed by atoms with van der Waals surface area (Å²) in [4.78, 5) is 37.1. The van der Waals surface area contributed by atoms with Crippen molar-refractivity contribution in [1.82, 2.24) is 20.2 Å². The van der Waals surface area contributed by atoms with Gasteiger partial charge in [-0.05, 0) is 76.1 Å². The van der Waals surface area contributed by atoms with Gasteiger partial charge in [0.1, 0.15) is 11.4 Å². The molecule has 1 saturated carbocycles. The molecule has 2 aromatic heterocycles. The van der Waals surface area contributed by atoms with Crippen LogP contribution in [0.3, 0.4) is 0 Å². The van der Waals surface area contributed by atoms with E-state index < -0.39 is 23.2 Å². The lowest BCUT2D eigenvalue weighted by molar-refractivity contribution is -0.137. The minimum absolute atomic E-state index is 0.116. The van der Waals surface area contributed by atoms with E-state index in [4.69, 9.17) is 5.73 Å². The van der Waals surface area contributed by atoms with Gasteiger partial charge in [0.05, 0.1) is 22.5 Å². The van der Waals surface area contributed by atoms with Gasteiger partial charge in [-0.15, -0.1) is 0 Å². The number of hydrogen-bond donors (Lipinski definition) is 3. The molecule has 222 valence electrons. The summed E-state index contributed by atoms with van der Waals surface area (Å²) >= 11 is 0. The SMILES string of the molecule is Cc1nc(C2(O)CCC(N[C@H]3CCN(C(=O)C4CCN(c5cc(C(F)(F)F)ccn5)CC4)C3)CC2)ccc1C(N)=O. The zero-order valence-corrected chi connectivity index (χ0v) is 23.2. The number of anilines is 1. The van der Waals surface area contributed by atoms with E-state index in [1.165, 1.54) is 6.20 Å². The quantitative estimate of drug-likeness (QED) is 0.484. The number of carbonyl (C=O) groups excluding carboxylic acids is 2. The lowest BCUT2D eigenvalue weighted by Crippen LogP contribution is -2.46. The number of hydrogen-bond acceptors (Lipinski definition) is 7. The van der Waals surface area contributed by atoms with E-state index >= 15 is 0 Å². The molecule has 2 saturated heterocycles. The maximum absolute atomic E-state index is 13.2. The van der Waals surface area contributed by atoms with Crippen molar-refractivity contribution < 1.29 is 27.9 Å². The standard InChI is InChI=1S/C29H37F3N6O3/c1-18-23(26(33)39)2-3-24(35-18)28(41)10-4-21(5-11-28)36-22-9-15-38(17-22)27(40)19-7-13-37(14-8-19)25-16-20(6-12-34-25)29(30,31)32/h2-3,6,12,16,19,21-22,36,41H,4-5,7-11,13-15,17H2,1H3,(H2,33,39)/t21?,22-,28?/m0/s1. The van der Waals surface area contributed by atoms with Crippen LogP contribution in [0.15, 0.2) is 30.5 Å². The number of nitrogens with zero attached hydrogens (tertiary/aromatic N) is 4. The van der Waals surface area contributed by atoms with Crippen molar-refractivity contribution in [2.75, 3.05) is 31.1 Å². The third-order valence-corrected chi connectivity index (χ3v) is 8.85. The Morgan fingerprint density at radius 3 is 2.39 bits per heavy atom. The number of aliphatic hydroxyl groups is 1. The molecular formula is C29H37F3N6O3. The third-order valence-electron chi connectivity index (χ3n) is 8.85. The molecule has 3 fully saturated rings. The molecule has 0 radical (unpaired) electrons. The van der Waals surface area contributed by atoms with Crippen molar-refractivity contribution in [1.29, 1.82) is 0 Å². The number of rotatable bonds is 6. The van der Waals surface area contributed by atoms with Crippen molar-refractivity contribution in [3.8, 4) is 0 Å². The fourth-order valence-corrected chi connectivity index (χ4v) is 6.41. The summed E-state index contributed by atoms with van der Waals surface area (Å²) in [5.74, 6) is -0.269.